The van der Waals surface area contributed by atoms with Crippen molar-refractivity contribution in [3.05, 3.63) is 304 Å². The van der Waals surface area contributed by atoms with Crippen molar-refractivity contribution in [1.29, 1.82) is 0 Å². The third-order valence-corrected chi connectivity index (χ3v) is 24.3. The zero-order chi connectivity index (χ0) is 58.1. The number of fused-ring (bicyclic) bond motifs is 8. The van der Waals surface area contributed by atoms with E-state index in [0.29, 0.717) is 0 Å². The first kappa shape index (κ1) is 52.9. The summed E-state index contributed by atoms with van der Waals surface area (Å²) in [5.41, 5.74) is 7.19. The molecule has 1 aliphatic rings. The van der Waals surface area contributed by atoms with E-state index in [2.05, 4.69) is 290 Å². The van der Waals surface area contributed by atoms with Crippen molar-refractivity contribution in [2.24, 2.45) is 0 Å². The molecule has 8 heteroatoms. The number of rotatable bonds is 4. The van der Waals surface area contributed by atoms with E-state index in [1.807, 2.05) is 0 Å². The number of hydrogen-bond acceptors (Lipinski definition) is 8. The summed E-state index contributed by atoms with van der Waals surface area (Å²) in [4.78, 5) is 8.14. The molecule has 0 N–H and O–H groups in total. The van der Waals surface area contributed by atoms with Gasteiger partial charge in [0.05, 0.1) is 30.7 Å². The van der Waals surface area contributed by atoms with Crippen molar-refractivity contribution >= 4 is 194 Å². The molecular weight excluding hydrogens is 1220 g/mol. The minimum atomic E-state index is 0.805. The van der Waals surface area contributed by atoms with Crippen LogP contribution in [0.4, 0.5) is 0 Å². The Kier molecular flexibility index (Phi) is 13.5. The van der Waals surface area contributed by atoms with E-state index in [1.165, 1.54) is 53.8 Å². The van der Waals surface area contributed by atoms with Crippen LogP contribution in [0.2, 0.25) is 0 Å². The van der Waals surface area contributed by atoms with E-state index < -0.39 is 0 Å². The number of thiophene rings is 8. The molecule has 88 heavy (non-hydrogen) atoms. The van der Waals surface area contributed by atoms with Gasteiger partial charge < -0.3 is 0 Å². The van der Waals surface area contributed by atoms with Crippen molar-refractivity contribution in [2.75, 3.05) is 0 Å². The van der Waals surface area contributed by atoms with Crippen LogP contribution in [0.1, 0.15) is 39.0 Å². The first-order chi connectivity index (χ1) is 43.5. The summed E-state index contributed by atoms with van der Waals surface area (Å²) in [6, 6.07) is 87.8. The van der Waals surface area contributed by atoms with Crippen molar-refractivity contribution in [1.82, 2.24) is 0 Å². The first-order valence-electron chi connectivity index (χ1n) is 28.5. The second-order valence-electron chi connectivity index (χ2n) is 21.2. The van der Waals surface area contributed by atoms with Gasteiger partial charge in [0.1, 0.15) is 0 Å². The highest BCUT2D eigenvalue weighted by Crippen LogP contribution is 2.54. The largest absolute Gasteiger partial charge is 0.135 e. The first-order valence-corrected chi connectivity index (χ1v) is 35.0. The summed E-state index contributed by atoms with van der Waals surface area (Å²) in [6.45, 7) is 0. The Labute approximate surface area is 539 Å². The molecule has 0 bridgehead atoms. The van der Waals surface area contributed by atoms with Gasteiger partial charge in [-0.2, -0.15) is 0 Å². The Balaban J connectivity index is 1.13. The molecule has 0 aliphatic heterocycles. The lowest BCUT2D eigenvalue weighted by Gasteiger charge is -2.24. The smallest absolute Gasteiger partial charge is 0.0784 e. The highest BCUT2D eigenvalue weighted by atomic mass is 32.1. The number of allylic oxidation sites excluding steroid dienone is 8. The van der Waals surface area contributed by atoms with Gasteiger partial charge in [-0.05, 0) is 140 Å². The lowest BCUT2D eigenvalue weighted by atomic mass is 9.79. The summed E-state index contributed by atoms with van der Waals surface area (Å²) in [7, 11) is 0. The van der Waals surface area contributed by atoms with Gasteiger partial charge in [-0.3, -0.25) is 0 Å². The Morgan fingerprint density at radius 1 is 0.170 bits per heavy atom. The van der Waals surface area contributed by atoms with Crippen LogP contribution >= 0.6 is 90.7 Å². The third kappa shape index (κ3) is 9.88. The van der Waals surface area contributed by atoms with Crippen LogP contribution in [-0.2, 0) is 0 Å². The Bertz CT molecular complexity index is 5710. The molecule has 0 radical (unpaired) electrons. The minimum Gasteiger partial charge on any atom is -0.135 e. The molecule has 0 spiro atoms. The summed E-state index contributed by atoms with van der Waals surface area (Å²) in [5.74, 6) is 32.0. The second-order valence-corrected chi connectivity index (χ2v) is 29.9. The average molecular weight is 1260 g/mol. The second kappa shape index (κ2) is 22.4. The van der Waals surface area contributed by atoms with E-state index in [-0.39, 0.29) is 0 Å². The van der Waals surface area contributed by atoms with E-state index >= 15 is 0 Å². The summed E-state index contributed by atoms with van der Waals surface area (Å²) < 4.78 is 9.47. The average Bonchev–Trinajstić information content (AvgIpc) is 1.47. The standard InChI is InChI=1S/C80H40S8/c1-9-25-65-49(17-1)41-57(81-65)33-37-61-62(38-34-58-42-50-18-2-10-26-66(50)82-58)79(75-47-55-23-7-15-31-71(55)87-75)80(76-48-56-24-8-16-32-72(56)88-76)64(40-36-60-44-52-20-4-12-28-68(52)84-60)78(74-46-54-22-6-14-30-70(54)86-74)63(39-35-59-43-51-19-3-11-27-67(51)83-59)77(61)73-45-53-21-5-13-29-69(53)85-73/h1-32,41-48H/b62-61-,77-61?,77-63+,78-63?,78-64+,79-62?,80-64?,80-79-. The molecule has 16 aromatic rings. The monoisotopic (exact) mass is 1260 g/mol. The molecule has 0 fully saturated rings. The van der Waals surface area contributed by atoms with Crippen LogP contribution < -0.4 is 0 Å². The molecule has 0 atom stereocenters. The summed E-state index contributed by atoms with van der Waals surface area (Å²) in [5, 5.41) is 9.28. The highest BCUT2D eigenvalue weighted by Gasteiger charge is 2.34. The molecule has 8 aromatic heterocycles. The topological polar surface area (TPSA) is 0 Å². The van der Waals surface area contributed by atoms with Crippen LogP contribution in [0.15, 0.2) is 265 Å². The Hall–Kier alpha value is -9.36. The zero-order valence-corrected chi connectivity index (χ0v) is 52.9. The van der Waals surface area contributed by atoms with Gasteiger partial charge in [-0.25, -0.2) is 0 Å². The van der Waals surface area contributed by atoms with Crippen molar-refractivity contribution in [3.63, 3.8) is 0 Å². The SMILES string of the molecule is C(#Cc1cc2ccccc2s1)C1=C(C#Cc2cc3ccccc3s2)/C(c2cc3ccccc3s2)=C(C#Cc2cc3ccccc3s2)\C(c2cc3ccccc3s2)=C(C#Cc2cc3ccccc3s2)/C(c2cc3ccccc3s2)=C\1c1cc2ccccc2s1. The lowest BCUT2D eigenvalue weighted by Crippen LogP contribution is -2.08. The van der Waals surface area contributed by atoms with Crippen molar-refractivity contribution < 1.29 is 0 Å². The fraction of sp³-hybridized carbons (Fsp3) is 0. The summed E-state index contributed by atoms with van der Waals surface area (Å²) in [6.07, 6.45) is 0. The molecule has 8 aromatic carbocycles. The molecule has 0 amide bonds. The molecule has 1 aliphatic carbocycles. The van der Waals surface area contributed by atoms with Crippen LogP contribution in [0.5, 0.6) is 0 Å². The van der Waals surface area contributed by atoms with Gasteiger partial charge in [0, 0.05) is 90.5 Å². The highest BCUT2D eigenvalue weighted by molar-refractivity contribution is 7.23. The molecule has 8 heterocycles. The zero-order valence-electron chi connectivity index (χ0n) is 46.4. The maximum Gasteiger partial charge on any atom is 0.0784 e. The number of benzene rings is 8. The van der Waals surface area contributed by atoms with E-state index in [0.717, 1.165) is 111 Å². The Morgan fingerprint density at radius 2 is 0.364 bits per heavy atom. The van der Waals surface area contributed by atoms with Crippen LogP contribution in [0, 0.1) is 47.4 Å². The Morgan fingerprint density at radius 3 is 0.636 bits per heavy atom. The van der Waals surface area contributed by atoms with Crippen LogP contribution in [0.25, 0.3) is 103 Å². The van der Waals surface area contributed by atoms with E-state index in [1.54, 1.807) is 90.7 Å². The van der Waals surface area contributed by atoms with Gasteiger partial charge in [0.2, 0.25) is 0 Å². The van der Waals surface area contributed by atoms with Crippen molar-refractivity contribution in [2.45, 2.75) is 0 Å². The van der Waals surface area contributed by atoms with Gasteiger partial charge in [0.15, 0.2) is 0 Å². The van der Waals surface area contributed by atoms with E-state index in [4.69, 9.17) is 0 Å². The maximum absolute atomic E-state index is 4.14. The maximum atomic E-state index is 4.14. The quantitative estimate of drug-likeness (QED) is 0.154. The summed E-state index contributed by atoms with van der Waals surface area (Å²) >= 11 is 14.1. The lowest BCUT2D eigenvalue weighted by molar-refractivity contribution is 1.57. The minimum absolute atomic E-state index is 0.805. The van der Waals surface area contributed by atoms with Gasteiger partial charge in [-0.15, -0.1) is 90.7 Å². The van der Waals surface area contributed by atoms with E-state index in [9.17, 15) is 0 Å². The molecule has 17 rings (SSSR count). The molecule has 0 saturated carbocycles. The molecule has 0 unspecified atom stereocenters. The molecular formula is C80H40S8. The van der Waals surface area contributed by atoms with Crippen molar-refractivity contribution in [3.8, 4) is 47.4 Å². The predicted molar refractivity (Wildman–Crippen MR) is 390 cm³/mol. The molecule has 0 nitrogen and oxygen atoms in total. The van der Waals surface area contributed by atoms with Crippen LogP contribution in [-0.4, -0.2) is 0 Å². The fourth-order valence-corrected chi connectivity index (χ4v) is 19.7. The number of hydrogen-bond donors (Lipinski definition) is 0. The third-order valence-electron chi connectivity index (χ3n) is 15.6. The molecule has 408 valence electrons. The van der Waals surface area contributed by atoms with Gasteiger partial charge in [0.25, 0.3) is 0 Å². The van der Waals surface area contributed by atoms with Crippen LogP contribution in [0.3, 0.4) is 0 Å². The fourth-order valence-electron chi connectivity index (χ4n) is 11.6. The normalized spacial score (nSPS) is 16.2. The van der Waals surface area contributed by atoms with Gasteiger partial charge >= 0.3 is 0 Å². The van der Waals surface area contributed by atoms with Gasteiger partial charge in [-0.1, -0.05) is 193 Å². The molecule has 0 saturated heterocycles. The predicted octanol–water partition coefficient (Wildman–Crippen LogP) is 23.7.